The molecule has 0 amide bonds. The van der Waals surface area contributed by atoms with Gasteiger partial charge in [-0.2, -0.15) is 18.3 Å². The van der Waals surface area contributed by atoms with Gasteiger partial charge in [0.05, 0.1) is 35.6 Å². The Balaban J connectivity index is 1.27. The first-order valence-electron chi connectivity index (χ1n) is 13.5. The second-order valence-corrected chi connectivity index (χ2v) is 11.3. The predicted molar refractivity (Wildman–Crippen MR) is 143 cm³/mol. The summed E-state index contributed by atoms with van der Waals surface area (Å²) in [6.07, 6.45) is 4.74. The zero-order valence-electron chi connectivity index (χ0n) is 21.8. The number of hydrogen-bond donors (Lipinski definition) is 0. The van der Waals surface area contributed by atoms with Gasteiger partial charge in [-0.05, 0) is 67.5 Å². The Morgan fingerprint density at radius 2 is 1.80 bits per heavy atom. The molecule has 1 unspecified atom stereocenters. The summed E-state index contributed by atoms with van der Waals surface area (Å²) < 4.78 is 64.7. The maximum Gasteiger partial charge on any atom is 0.392 e. The number of rotatable bonds is 3. The van der Waals surface area contributed by atoms with Crippen molar-refractivity contribution in [3.8, 4) is 17.0 Å². The standard InChI is InChI=1S/C32H27F4N3O/c1-31-16-20-17-38-39(23-10-8-22(33)9-11-23)27(20)15-21(31)7-12-24-25(31)13-14-26(32(34,35)36)29(24)30-37-18-28(40-30)19-5-3-2-4-6-19/h2-6,8-11,13,15,17-18,24,26,29H,7,12,14,16H2,1H3/t24?,26-,29-,31+/m1/s1. The number of nitrogens with zero attached hydrogens (tertiary/aromatic N) is 3. The first-order valence-corrected chi connectivity index (χ1v) is 13.5. The van der Waals surface area contributed by atoms with Gasteiger partial charge in [0.2, 0.25) is 0 Å². The minimum absolute atomic E-state index is 0.104. The summed E-state index contributed by atoms with van der Waals surface area (Å²) in [6, 6.07) is 15.5. The second kappa shape index (κ2) is 9.04. The summed E-state index contributed by atoms with van der Waals surface area (Å²) in [5, 5.41) is 4.59. The SMILES string of the molecule is C[C@]12Cc3cnn(-c4ccc(F)cc4)c3C=C1CCC1C2=CC[C@@H](C(F)(F)F)[C@@H]1c1ncc(-c2ccccc2)o1. The van der Waals surface area contributed by atoms with E-state index in [0.29, 0.717) is 25.0 Å². The van der Waals surface area contributed by atoms with Gasteiger partial charge in [-0.3, -0.25) is 0 Å². The van der Waals surface area contributed by atoms with E-state index >= 15 is 0 Å². The van der Waals surface area contributed by atoms with Crippen LogP contribution in [-0.2, 0) is 6.42 Å². The lowest BCUT2D eigenvalue weighted by Crippen LogP contribution is -2.44. The molecule has 3 aliphatic rings. The van der Waals surface area contributed by atoms with E-state index in [-0.39, 0.29) is 24.0 Å². The number of aromatic nitrogens is 3. The fourth-order valence-corrected chi connectivity index (χ4v) is 7.09. The van der Waals surface area contributed by atoms with Gasteiger partial charge in [-0.1, -0.05) is 54.5 Å². The Labute approximate surface area is 229 Å². The summed E-state index contributed by atoms with van der Waals surface area (Å²) in [7, 11) is 0. The number of hydrogen-bond acceptors (Lipinski definition) is 3. The van der Waals surface area contributed by atoms with Gasteiger partial charge < -0.3 is 4.42 Å². The quantitative estimate of drug-likeness (QED) is 0.192. The number of alkyl halides is 3. The van der Waals surface area contributed by atoms with Crippen LogP contribution in [0.2, 0.25) is 0 Å². The minimum atomic E-state index is -4.37. The molecular formula is C32H27F4N3O. The van der Waals surface area contributed by atoms with Crippen molar-refractivity contribution < 1.29 is 22.0 Å². The van der Waals surface area contributed by atoms with Crippen LogP contribution in [0.5, 0.6) is 0 Å². The first kappa shape index (κ1) is 25.1. The highest BCUT2D eigenvalue weighted by molar-refractivity contribution is 5.64. The molecule has 40 heavy (non-hydrogen) atoms. The molecule has 1 saturated carbocycles. The molecule has 7 rings (SSSR count). The van der Waals surface area contributed by atoms with Crippen molar-refractivity contribution in [1.29, 1.82) is 0 Å². The minimum Gasteiger partial charge on any atom is -0.440 e. The number of allylic oxidation sites excluding steroid dienone is 3. The molecule has 1 fully saturated rings. The van der Waals surface area contributed by atoms with Crippen LogP contribution in [0.1, 0.15) is 49.3 Å². The van der Waals surface area contributed by atoms with E-state index in [1.807, 2.05) is 47.3 Å². The molecule has 2 heterocycles. The van der Waals surface area contributed by atoms with Gasteiger partial charge in [0.25, 0.3) is 0 Å². The summed E-state index contributed by atoms with van der Waals surface area (Å²) >= 11 is 0. The molecule has 0 radical (unpaired) electrons. The third-order valence-electron chi connectivity index (χ3n) is 9.03. The third-order valence-corrected chi connectivity index (χ3v) is 9.03. The van der Waals surface area contributed by atoms with Crippen molar-refractivity contribution in [2.75, 3.05) is 0 Å². The monoisotopic (exact) mass is 545 g/mol. The Bertz CT molecular complexity index is 1630. The third kappa shape index (κ3) is 3.95. The van der Waals surface area contributed by atoms with E-state index in [1.165, 1.54) is 17.7 Å². The number of benzene rings is 2. The van der Waals surface area contributed by atoms with Crippen LogP contribution in [0, 0.1) is 23.1 Å². The Morgan fingerprint density at radius 3 is 2.55 bits per heavy atom. The smallest absolute Gasteiger partial charge is 0.392 e. The highest BCUT2D eigenvalue weighted by Crippen LogP contribution is 2.61. The fraction of sp³-hybridized carbons (Fsp3) is 0.312. The molecule has 204 valence electrons. The number of halogens is 4. The molecule has 8 heteroatoms. The summed E-state index contributed by atoms with van der Waals surface area (Å²) in [5.41, 5.74) is 5.32. The molecule has 0 bridgehead atoms. The van der Waals surface area contributed by atoms with Crippen molar-refractivity contribution in [1.82, 2.24) is 14.8 Å². The van der Waals surface area contributed by atoms with E-state index < -0.39 is 23.4 Å². The molecule has 0 aliphatic heterocycles. The van der Waals surface area contributed by atoms with Crippen LogP contribution >= 0.6 is 0 Å². The fourth-order valence-electron chi connectivity index (χ4n) is 7.09. The average Bonchev–Trinajstić information content (AvgIpc) is 3.59. The van der Waals surface area contributed by atoms with Gasteiger partial charge in [0.1, 0.15) is 5.82 Å². The molecular weight excluding hydrogens is 518 g/mol. The van der Waals surface area contributed by atoms with Gasteiger partial charge in [0, 0.05) is 11.0 Å². The zero-order valence-corrected chi connectivity index (χ0v) is 21.8. The lowest BCUT2D eigenvalue weighted by molar-refractivity contribution is -0.187. The molecule has 4 nitrogen and oxygen atoms in total. The Morgan fingerprint density at radius 1 is 1.02 bits per heavy atom. The molecule has 4 atom stereocenters. The Hall–Kier alpha value is -3.94. The molecule has 0 saturated heterocycles. The summed E-state index contributed by atoms with van der Waals surface area (Å²) in [4.78, 5) is 4.43. The van der Waals surface area contributed by atoms with Crippen LogP contribution in [0.3, 0.4) is 0 Å². The molecule has 0 N–H and O–H groups in total. The number of oxazole rings is 1. The van der Waals surface area contributed by atoms with Gasteiger partial charge >= 0.3 is 6.18 Å². The van der Waals surface area contributed by atoms with E-state index in [0.717, 1.165) is 28.1 Å². The average molecular weight is 546 g/mol. The molecule has 2 aromatic carbocycles. The van der Waals surface area contributed by atoms with Crippen molar-refractivity contribution in [3.05, 3.63) is 107 Å². The van der Waals surface area contributed by atoms with E-state index in [1.54, 1.807) is 18.3 Å². The molecule has 4 aromatic rings. The van der Waals surface area contributed by atoms with Crippen LogP contribution in [0.4, 0.5) is 17.6 Å². The van der Waals surface area contributed by atoms with Crippen molar-refractivity contribution in [2.24, 2.45) is 17.3 Å². The summed E-state index contributed by atoms with van der Waals surface area (Å²) in [5.74, 6) is -2.46. The van der Waals surface area contributed by atoms with E-state index in [9.17, 15) is 17.6 Å². The molecule has 0 spiro atoms. The Kier molecular flexibility index (Phi) is 5.67. The van der Waals surface area contributed by atoms with Gasteiger partial charge in [-0.15, -0.1) is 0 Å². The zero-order chi connectivity index (χ0) is 27.6. The predicted octanol–water partition coefficient (Wildman–Crippen LogP) is 8.31. The number of fused-ring (bicyclic) bond motifs is 4. The first-order chi connectivity index (χ1) is 19.2. The maximum absolute atomic E-state index is 14.4. The van der Waals surface area contributed by atoms with Crippen LogP contribution in [0.25, 0.3) is 23.1 Å². The molecule has 2 aromatic heterocycles. The van der Waals surface area contributed by atoms with Crippen LogP contribution in [0.15, 0.2) is 88.6 Å². The lowest BCUT2D eigenvalue weighted by Gasteiger charge is -2.50. The van der Waals surface area contributed by atoms with Crippen molar-refractivity contribution in [3.63, 3.8) is 0 Å². The van der Waals surface area contributed by atoms with Crippen molar-refractivity contribution in [2.45, 2.75) is 44.7 Å². The highest BCUT2D eigenvalue weighted by Gasteiger charge is 2.56. The van der Waals surface area contributed by atoms with Crippen LogP contribution < -0.4 is 0 Å². The van der Waals surface area contributed by atoms with Gasteiger partial charge in [0.15, 0.2) is 11.7 Å². The van der Waals surface area contributed by atoms with Gasteiger partial charge in [-0.25, -0.2) is 14.1 Å². The van der Waals surface area contributed by atoms with E-state index in [4.69, 9.17) is 4.42 Å². The maximum atomic E-state index is 14.4. The molecule has 3 aliphatic carbocycles. The largest absolute Gasteiger partial charge is 0.440 e. The topological polar surface area (TPSA) is 43.9 Å². The second-order valence-electron chi connectivity index (χ2n) is 11.3. The normalized spacial score (nSPS) is 25.9. The van der Waals surface area contributed by atoms with Crippen molar-refractivity contribution >= 4 is 6.08 Å². The lowest BCUT2D eigenvalue weighted by atomic mass is 9.54. The highest BCUT2D eigenvalue weighted by atomic mass is 19.4. The van der Waals surface area contributed by atoms with E-state index in [2.05, 4.69) is 23.1 Å². The summed E-state index contributed by atoms with van der Waals surface area (Å²) in [6.45, 7) is 2.14. The van der Waals surface area contributed by atoms with Crippen LogP contribution in [-0.4, -0.2) is 20.9 Å².